The molecule has 18 heavy (non-hydrogen) atoms. The molecule has 0 atom stereocenters. The molecule has 0 unspecified atom stereocenters. The van der Waals surface area contributed by atoms with E-state index in [2.05, 4.69) is 48.9 Å². The highest BCUT2D eigenvalue weighted by atomic mass is 79.9. The maximum absolute atomic E-state index is 4.03. The van der Waals surface area contributed by atoms with Crippen molar-refractivity contribution in [1.29, 1.82) is 0 Å². The monoisotopic (exact) mass is 327 g/mol. The topological polar surface area (TPSA) is 55.6 Å². The van der Waals surface area contributed by atoms with Gasteiger partial charge in [-0.15, -0.1) is 5.10 Å². The summed E-state index contributed by atoms with van der Waals surface area (Å²) in [5, 5.41) is 15.6. The van der Waals surface area contributed by atoms with Crippen LogP contribution in [0.25, 0.3) is 0 Å². The molecular weight excluding hydrogens is 314 g/mol. The number of aromatic nitrogens is 4. The molecule has 0 aliphatic rings. The molecular formula is C11H14BrN5S. The van der Waals surface area contributed by atoms with E-state index in [0.717, 1.165) is 28.5 Å². The van der Waals surface area contributed by atoms with E-state index in [1.54, 1.807) is 11.8 Å². The summed E-state index contributed by atoms with van der Waals surface area (Å²) in [5.74, 6) is 0.860. The van der Waals surface area contributed by atoms with E-state index in [1.807, 2.05) is 23.9 Å². The number of hydrogen-bond acceptors (Lipinski definition) is 5. The summed E-state index contributed by atoms with van der Waals surface area (Å²) in [5.41, 5.74) is 1.25. The van der Waals surface area contributed by atoms with Gasteiger partial charge in [0.25, 0.3) is 0 Å². The van der Waals surface area contributed by atoms with Gasteiger partial charge >= 0.3 is 0 Å². The lowest BCUT2D eigenvalue weighted by molar-refractivity contribution is 0.530. The Kier molecular flexibility index (Phi) is 5.15. The SMILES string of the molecule is CNCCn1nnnc1SCc1cccc(Br)c1. The maximum Gasteiger partial charge on any atom is 0.209 e. The number of nitrogens with zero attached hydrogens (tertiary/aromatic N) is 4. The molecule has 7 heteroatoms. The maximum atomic E-state index is 4.03. The molecule has 0 saturated carbocycles. The summed E-state index contributed by atoms with van der Waals surface area (Å²) in [6, 6.07) is 8.25. The van der Waals surface area contributed by atoms with Crippen molar-refractivity contribution >= 4 is 27.7 Å². The van der Waals surface area contributed by atoms with E-state index in [1.165, 1.54) is 5.56 Å². The van der Waals surface area contributed by atoms with Gasteiger partial charge in [-0.2, -0.15) is 0 Å². The van der Waals surface area contributed by atoms with Crippen molar-refractivity contribution in [3.05, 3.63) is 34.3 Å². The number of rotatable bonds is 6. The van der Waals surface area contributed by atoms with Gasteiger partial charge in [-0.25, -0.2) is 4.68 Å². The summed E-state index contributed by atoms with van der Waals surface area (Å²) < 4.78 is 2.91. The van der Waals surface area contributed by atoms with E-state index in [0.29, 0.717) is 0 Å². The number of hydrogen-bond donors (Lipinski definition) is 1. The predicted octanol–water partition coefficient (Wildman–Crippen LogP) is 1.95. The van der Waals surface area contributed by atoms with Crippen molar-refractivity contribution in [1.82, 2.24) is 25.5 Å². The minimum absolute atomic E-state index is 0.782. The molecule has 1 heterocycles. The largest absolute Gasteiger partial charge is 0.318 e. The third-order valence-electron chi connectivity index (χ3n) is 2.33. The number of tetrazole rings is 1. The molecule has 1 aromatic heterocycles. The highest BCUT2D eigenvalue weighted by Gasteiger charge is 2.06. The first kappa shape index (κ1) is 13.5. The molecule has 2 aromatic rings. The van der Waals surface area contributed by atoms with Gasteiger partial charge in [-0.3, -0.25) is 0 Å². The summed E-state index contributed by atoms with van der Waals surface area (Å²) >= 11 is 5.11. The van der Waals surface area contributed by atoms with Gasteiger partial charge in [0.15, 0.2) is 0 Å². The van der Waals surface area contributed by atoms with E-state index in [4.69, 9.17) is 0 Å². The Hall–Kier alpha value is -0.920. The summed E-state index contributed by atoms with van der Waals surface area (Å²) in [6.45, 7) is 1.64. The zero-order valence-electron chi connectivity index (χ0n) is 10.0. The van der Waals surface area contributed by atoms with Crippen molar-refractivity contribution in [3.63, 3.8) is 0 Å². The Morgan fingerprint density at radius 3 is 3.11 bits per heavy atom. The van der Waals surface area contributed by atoms with Crippen LogP contribution in [0, 0.1) is 0 Å². The van der Waals surface area contributed by atoms with Crippen LogP contribution in [-0.2, 0) is 12.3 Å². The van der Waals surface area contributed by atoms with Gasteiger partial charge in [0.05, 0.1) is 6.54 Å². The van der Waals surface area contributed by atoms with Crippen LogP contribution in [0.5, 0.6) is 0 Å². The first-order valence-corrected chi connectivity index (χ1v) is 7.35. The highest BCUT2D eigenvalue weighted by Crippen LogP contribution is 2.21. The van der Waals surface area contributed by atoms with E-state index >= 15 is 0 Å². The number of benzene rings is 1. The first-order chi connectivity index (χ1) is 8.79. The number of likely N-dealkylation sites (N-methyl/N-ethyl adjacent to an activating group) is 1. The molecule has 0 aliphatic carbocycles. The normalized spacial score (nSPS) is 10.8. The second kappa shape index (κ2) is 6.86. The Bertz CT molecular complexity index is 502. The second-order valence-electron chi connectivity index (χ2n) is 3.71. The Morgan fingerprint density at radius 1 is 1.44 bits per heavy atom. The smallest absolute Gasteiger partial charge is 0.209 e. The van der Waals surface area contributed by atoms with Crippen LogP contribution in [0.1, 0.15) is 5.56 Å². The first-order valence-electron chi connectivity index (χ1n) is 5.57. The van der Waals surface area contributed by atoms with Crippen LogP contribution in [0.3, 0.4) is 0 Å². The minimum Gasteiger partial charge on any atom is -0.318 e. The third-order valence-corrected chi connectivity index (χ3v) is 3.85. The minimum atomic E-state index is 0.782. The van der Waals surface area contributed by atoms with Gasteiger partial charge in [0.1, 0.15) is 0 Å². The average molecular weight is 328 g/mol. The van der Waals surface area contributed by atoms with Gasteiger partial charge in [0, 0.05) is 16.8 Å². The molecule has 1 N–H and O–H groups in total. The van der Waals surface area contributed by atoms with E-state index < -0.39 is 0 Å². The quantitative estimate of drug-likeness (QED) is 0.822. The molecule has 0 bridgehead atoms. The van der Waals surface area contributed by atoms with Gasteiger partial charge in [-0.05, 0) is 35.2 Å². The molecule has 0 aliphatic heterocycles. The Morgan fingerprint density at radius 2 is 2.33 bits per heavy atom. The van der Waals surface area contributed by atoms with E-state index in [-0.39, 0.29) is 0 Å². The molecule has 0 saturated heterocycles. The summed E-state index contributed by atoms with van der Waals surface area (Å²) in [7, 11) is 1.92. The third kappa shape index (κ3) is 3.79. The zero-order chi connectivity index (χ0) is 12.8. The number of nitrogens with one attached hydrogen (secondary N) is 1. The fraction of sp³-hybridized carbons (Fsp3) is 0.364. The van der Waals surface area contributed by atoms with Crippen LogP contribution < -0.4 is 5.32 Å². The molecule has 2 rings (SSSR count). The number of thioether (sulfide) groups is 1. The van der Waals surface area contributed by atoms with Crippen LogP contribution in [0.15, 0.2) is 33.9 Å². The van der Waals surface area contributed by atoms with Crippen LogP contribution in [-0.4, -0.2) is 33.8 Å². The molecule has 0 fully saturated rings. The van der Waals surface area contributed by atoms with Crippen LogP contribution in [0.4, 0.5) is 0 Å². The lowest BCUT2D eigenvalue weighted by atomic mass is 10.2. The van der Waals surface area contributed by atoms with Gasteiger partial charge in [0.2, 0.25) is 5.16 Å². The lowest BCUT2D eigenvalue weighted by Crippen LogP contribution is -2.16. The standard InChI is InChI=1S/C11H14BrN5S/c1-13-5-6-17-11(14-15-16-17)18-8-9-3-2-4-10(12)7-9/h2-4,7,13H,5-6,8H2,1H3. The van der Waals surface area contributed by atoms with Crippen molar-refractivity contribution in [2.75, 3.05) is 13.6 Å². The van der Waals surface area contributed by atoms with Crippen molar-refractivity contribution in [2.45, 2.75) is 17.5 Å². The Labute approximate surface area is 118 Å². The molecule has 5 nitrogen and oxygen atoms in total. The fourth-order valence-corrected chi connectivity index (χ4v) is 2.73. The van der Waals surface area contributed by atoms with E-state index in [9.17, 15) is 0 Å². The fourth-order valence-electron chi connectivity index (χ4n) is 1.43. The average Bonchev–Trinajstić information content (AvgIpc) is 2.81. The van der Waals surface area contributed by atoms with Crippen LogP contribution in [0.2, 0.25) is 0 Å². The van der Waals surface area contributed by atoms with Crippen LogP contribution >= 0.6 is 27.7 Å². The summed E-state index contributed by atoms with van der Waals surface area (Å²) in [4.78, 5) is 0. The molecule has 96 valence electrons. The lowest BCUT2D eigenvalue weighted by Gasteiger charge is -2.04. The zero-order valence-corrected chi connectivity index (χ0v) is 12.4. The second-order valence-corrected chi connectivity index (χ2v) is 5.56. The van der Waals surface area contributed by atoms with Gasteiger partial charge in [-0.1, -0.05) is 39.8 Å². The summed E-state index contributed by atoms with van der Waals surface area (Å²) in [6.07, 6.45) is 0. The van der Waals surface area contributed by atoms with Crippen molar-refractivity contribution in [2.24, 2.45) is 0 Å². The van der Waals surface area contributed by atoms with Crippen molar-refractivity contribution < 1.29 is 0 Å². The molecule has 0 amide bonds. The Balaban J connectivity index is 1.95. The highest BCUT2D eigenvalue weighted by molar-refractivity contribution is 9.10. The number of halogens is 1. The molecule has 0 radical (unpaired) electrons. The molecule has 1 aromatic carbocycles. The van der Waals surface area contributed by atoms with Crippen molar-refractivity contribution in [3.8, 4) is 0 Å². The predicted molar refractivity (Wildman–Crippen MR) is 75.4 cm³/mol. The molecule has 0 spiro atoms. The van der Waals surface area contributed by atoms with Gasteiger partial charge < -0.3 is 5.32 Å².